The second-order valence-corrected chi connectivity index (χ2v) is 7.14. The number of benzene rings is 1. The molecule has 1 aromatic heterocycles. The highest BCUT2D eigenvalue weighted by Crippen LogP contribution is 2.20. The first-order valence-corrected chi connectivity index (χ1v) is 8.89. The highest BCUT2D eigenvalue weighted by atomic mass is 19.2. The van der Waals surface area contributed by atoms with Crippen LogP contribution in [0.25, 0.3) is 0 Å². The van der Waals surface area contributed by atoms with Crippen LogP contribution in [0.1, 0.15) is 42.9 Å². The summed E-state index contributed by atoms with van der Waals surface area (Å²) in [4.78, 5) is 14.4. The largest absolute Gasteiger partial charge is 0.380 e. The highest BCUT2D eigenvalue weighted by Gasteiger charge is 2.26. The Labute approximate surface area is 151 Å². The van der Waals surface area contributed by atoms with Crippen LogP contribution in [0.4, 0.5) is 14.5 Å². The van der Waals surface area contributed by atoms with Crippen molar-refractivity contribution in [3.8, 4) is 0 Å². The van der Waals surface area contributed by atoms with Crippen LogP contribution in [0.15, 0.2) is 28.8 Å². The van der Waals surface area contributed by atoms with Crippen molar-refractivity contribution in [2.24, 2.45) is 5.92 Å². The number of nitrogens with zero attached hydrogens (tertiary/aromatic N) is 2. The highest BCUT2D eigenvalue weighted by molar-refractivity contribution is 5.92. The molecule has 0 unspecified atom stereocenters. The minimum atomic E-state index is -0.890. The predicted molar refractivity (Wildman–Crippen MR) is 94.0 cm³/mol. The van der Waals surface area contributed by atoms with Gasteiger partial charge in [0.1, 0.15) is 5.76 Å². The third kappa shape index (κ3) is 4.39. The molecule has 140 valence electrons. The summed E-state index contributed by atoms with van der Waals surface area (Å²) in [6, 6.07) is 5.39. The number of anilines is 1. The Morgan fingerprint density at radius 1 is 1.35 bits per heavy atom. The molecule has 0 bridgehead atoms. The van der Waals surface area contributed by atoms with E-state index in [9.17, 15) is 13.6 Å². The van der Waals surface area contributed by atoms with Gasteiger partial charge in [-0.05, 0) is 30.9 Å². The van der Waals surface area contributed by atoms with Crippen molar-refractivity contribution >= 4 is 11.6 Å². The summed E-state index contributed by atoms with van der Waals surface area (Å²) in [6.45, 7) is 5.26. The standard InChI is InChI=1S/C19H23F2N3O2/c1-12(2)8-15-10-18(23-26-15)19(25)24-7-3-4-14(11-24)22-13-5-6-16(20)17(21)9-13/h5-6,9-10,12,14,22H,3-4,7-8,11H2,1-2H3/t14-/m0/s1. The first kappa shape index (κ1) is 18.4. The van der Waals surface area contributed by atoms with E-state index in [0.717, 1.165) is 31.4 Å². The molecule has 1 aliphatic heterocycles. The van der Waals surface area contributed by atoms with Gasteiger partial charge in [0.05, 0.1) is 0 Å². The fraction of sp³-hybridized carbons (Fsp3) is 0.474. The molecule has 2 aromatic rings. The van der Waals surface area contributed by atoms with Crippen molar-refractivity contribution in [3.63, 3.8) is 0 Å². The number of carbonyl (C=O) groups excluding carboxylic acids is 1. The first-order chi connectivity index (χ1) is 12.4. The number of hydrogen-bond donors (Lipinski definition) is 1. The van der Waals surface area contributed by atoms with Crippen LogP contribution in [0.3, 0.4) is 0 Å². The number of halogens is 2. The molecular formula is C19H23F2N3O2. The summed E-state index contributed by atoms with van der Waals surface area (Å²) in [5.74, 6) is -0.804. The average molecular weight is 363 g/mol. The van der Waals surface area contributed by atoms with Crippen molar-refractivity contribution in [2.75, 3.05) is 18.4 Å². The van der Waals surface area contributed by atoms with Gasteiger partial charge in [-0.25, -0.2) is 8.78 Å². The molecule has 26 heavy (non-hydrogen) atoms. The van der Waals surface area contributed by atoms with E-state index in [1.807, 2.05) is 0 Å². The van der Waals surface area contributed by atoms with Crippen molar-refractivity contribution in [1.82, 2.24) is 10.1 Å². The van der Waals surface area contributed by atoms with Crippen LogP contribution < -0.4 is 5.32 Å². The summed E-state index contributed by atoms with van der Waals surface area (Å²) < 4.78 is 31.6. The summed E-state index contributed by atoms with van der Waals surface area (Å²) in [7, 11) is 0. The zero-order valence-corrected chi connectivity index (χ0v) is 15.0. The average Bonchev–Trinajstić information content (AvgIpc) is 3.05. The molecule has 1 aliphatic rings. The van der Waals surface area contributed by atoms with E-state index in [-0.39, 0.29) is 11.9 Å². The normalized spacial score (nSPS) is 17.6. The summed E-state index contributed by atoms with van der Waals surface area (Å²) >= 11 is 0. The van der Waals surface area contributed by atoms with Crippen LogP contribution in [-0.2, 0) is 6.42 Å². The maximum Gasteiger partial charge on any atom is 0.276 e. The van der Waals surface area contributed by atoms with E-state index >= 15 is 0 Å². The molecule has 0 saturated carbocycles. The minimum Gasteiger partial charge on any atom is -0.380 e. The SMILES string of the molecule is CC(C)Cc1cc(C(=O)N2CCC[C@H](Nc3ccc(F)c(F)c3)C2)no1. The maximum absolute atomic E-state index is 13.4. The van der Waals surface area contributed by atoms with Gasteiger partial charge in [0.2, 0.25) is 0 Å². The van der Waals surface area contributed by atoms with Gasteiger partial charge in [-0.2, -0.15) is 0 Å². The lowest BCUT2D eigenvalue weighted by molar-refractivity contribution is 0.0704. The molecule has 1 aromatic carbocycles. The maximum atomic E-state index is 13.4. The Balaban J connectivity index is 1.63. The third-order valence-corrected chi connectivity index (χ3v) is 4.39. The van der Waals surface area contributed by atoms with E-state index in [1.165, 1.54) is 6.07 Å². The van der Waals surface area contributed by atoms with Gasteiger partial charge < -0.3 is 14.7 Å². The van der Waals surface area contributed by atoms with Crippen molar-refractivity contribution < 1.29 is 18.1 Å². The number of aromatic nitrogens is 1. The van der Waals surface area contributed by atoms with E-state index < -0.39 is 11.6 Å². The molecule has 1 amide bonds. The Hall–Kier alpha value is -2.44. The molecule has 0 spiro atoms. The number of nitrogens with one attached hydrogen (secondary N) is 1. The molecule has 1 fully saturated rings. The van der Waals surface area contributed by atoms with Crippen LogP contribution in [0, 0.1) is 17.6 Å². The minimum absolute atomic E-state index is 0.0282. The molecule has 0 aliphatic carbocycles. The lowest BCUT2D eigenvalue weighted by Crippen LogP contribution is -2.45. The number of rotatable bonds is 5. The molecular weight excluding hydrogens is 340 g/mol. The fourth-order valence-electron chi connectivity index (χ4n) is 3.18. The molecule has 1 saturated heterocycles. The summed E-state index contributed by atoms with van der Waals surface area (Å²) in [5.41, 5.74) is 0.818. The summed E-state index contributed by atoms with van der Waals surface area (Å²) in [5, 5.41) is 7.07. The van der Waals surface area contributed by atoms with Gasteiger partial charge in [0.15, 0.2) is 17.3 Å². The van der Waals surface area contributed by atoms with E-state index in [4.69, 9.17) is 4.52 Å². The van der Waals surface area contributed by atoms with Crippen LogP contribution >= 0.6 is 0 Å². The van der Waals surface area contributed by atoms with Crippen molar-refractivity contribution in [3.05, 3.63) is 47.4 Å². The second-order valence-electron chi connectivity index (χ2n) is 7.14. The lowest BCUT2D eigenvalue weighted by Gasteiger charge is -2.33. The third-order valence-electron chi connectivity index (χ3n) is 4.39. The number of hydrogen-bond acceptors (Lipinski definition) is 4. The number of likely N-dealkylation sites (tertiary alicyclic amines) is 1. The quantitative estimate of drug-likeness (QED) is 0.876. The topological polar surface area (TPSA) is 58.4 Å². The van der Waals surface area contributed by atoms with E-state index in [2.05, 4.69) is 24.3 Å². The molecule has 2 heterocycles. The lowest BCUT2D eigenvalue weighted by atomic mass is 10.0. The number of piperidine rings is 1. The Kier molecular flexibility index (Phi) is 5.54. The Bertz CT molecular complexity index is 776. The van der Waals surface area contributed by atoms with Gasteiger partial charge in [-0.3, -0.25) is 4.79 Å². The van der Waals surface area contributed by atoms with Crippen LogP contribution in [0.5, 0.6) is 0 Å². The first-order valence-electron chi connectivity index (χ1n) is 8.89. The molecule has 5 nitrogen and oxygen atoms in total. The van der Waals surface area contributed by atoms with Crippen molar-refractivity contribution in [2.45, 2.75) is 39.2 Å². The fourth-order valence-corrected chi connectivity index (χ4v) is 3.18. The van der Waals surface area contributed by atoms with Gasteiger partial charge in [0.25, 0.3) is 5.91 Å². The molecule has 3 rings (SSSR count). The molecule has 7 heteroatoms. The van der Waals surface area contributed by atoms with E-state index in [0.29, 0.717) is 36.1 Å². The second kappa shape index (κ2) is 7.85. The van der Waals surface area contributed by atoms with E-state index in [1.54, 1.807) is 11.0 Å². The number of carbonyl (C=O) groups is 1. The van der Waals surface area contributed by atoms with Gasteiger partial charge >= 0.3 is 0 Å². The van der Waals surface area contributed by atoms with Crippen LogP contribution in [-0.4, -0.2) is 35.1 Å². The smallest absolute Gasteiger partial charge is 0.276 e. The summed E-state index contributed by atoms with van der Waals surface area (Å²) in [6.07, 6.45) is 2.41. The Morgan fingerprint density at radius 3 is 2.88 bits per heavy atom. The molecule has 1 atom stereocenters. The van der Waals surface area contributed by atoms with Gasteiger partial charge in [-0.15, -0.1) is 0 Å². The molecule has 0 radical (unpaired) electrons. The molecule has 1 N–H and O–H groups in total. The zero-order chi connectivity index (χ0) is 18.7. The van der Waals surface area contributed by atoms with Crippen molar-refractivity contribution in [1.29, 1.82) is 0 Å². The number of amides is 1. The monoisotopic (exact) mass is 363 g/mol. The zero-order valence-electron chi connectivity index (χ0n) is 15.0. The van der Waals surface area contributed by atoms with Crippen LogP contribution in [0.2, 0.25) is 0 Å². The van der Waals surface area contributed by atoms with Gasteiger partial charge in [-0.1, -0.05) is 19.0 Å². The van der Waals surface area contributed by atoms with Gasteiger partial charge in [0, 0.05) is 43.4 Å². The Morgan fingerprint density at radius 2 is 2.15 bits per heavy atom. The predicted octanol–water partition coefficient (Wildman–Crippen LogP) is 3.87.